The fraction of sp³-hybridized carbons (Fsp3) is 0.800. The van der Waals surface area contributed by atoms with Gasteiger partial charge in [0.05, 0.1) is 5.69 Å². The van der Waals surface area contributed by atoms with Crippen LogP contribution in [0.2, 0.25) is 0 Å². The molecular weight excluding hydrogens is 481 g/mol. The summed E-state index contributed by atoms with van der Waals surface area (Å²) in [5.41, 5.74) is 1.00. The van der Waals surface area contributed by atoms with Gasteiger partial charge >= 0.3 is 0 Å². The van der Waals surface area contributed by atoms with E-state index in [9.17, 15) is 0 Å². The summed E-state index contributed by atoms with van der Waals surface area (Å²) in [5, 5.41) is 7.62. The Hall–Kier alpha value is -0.910. The Balaban J connectivity index is 0.00000300. The van der Waals surface area contributed by atoms with Gasteiger partial charge in [-0.25, -0.2) is 0 Å². The van der Waals surface area contributed by atoms with Gasteiger partial charge in [0.25, 0.3) is 0 Å². The van der Waals surface area contributed by atoms with Crippen molar-refractivity contribution in [3.05, 3.63) is 18.0 Å². The molecule has 1 atom stereocenters. The highest BCUT2D eigenvalue weighted by molar-refractivity contribution is 14.0. The maximum absolute atomic E-state index is 4.93. The lowest BCUT2D eigenvalue weighted by Crippen LogP contribution is -2.53. The van der Waals surface area contributed by atoms with Crippen molar-refractivity contribution in [1.82, 2.24) is 30.1 Å². The molecule has 9 heteroatoms. The van der Waals surface area contributed by atoms with Gasteiger partial charge in [-0.3, -0.25) is 9.89 Å². The minimum absolute atomic E-state index is 0. The molecule has 1 N–H and O–H groups in total. The Morgan fingerprint density at radius 3 is 2.34 bits per heavy atom. The average Bonchev–Trinajstić information content (AvgIpc) is 3.23. The third kappa shape index (κ3) is 7.69. The van der Waals surface area contributed by atoms with Crippen molar-refractivity contribution < 1.29 is 4.52 Å². The zero-order valence-electron chi connectivity index (χ0n) is 18.2. The second-order valence-electron chi connectivity index (χ2n) is 8.02. The lowest BCUT2D eigenvalue weighted by atomic mass is 10.1. The lowest BCUT2D eigenvalue weighted by Gasteiger charge is -2.37. The van der Waals surface area contributed by atoms with E-state index in [2.05, 4.69) is 48.9 Å². The minimum Gasteiger partial charge on any atom is -0.364 e. The molecule has 1 unspecified atom stereocenters. The van der Waals surface area contributed by atoms with E-state index in [1.165, 1.54) is 32.7 Å². The predicted octanol–water partition coefficient (Wildman–Crippen LogP) is 1.26. The van der Waals surface area contributed by atoms with Gasteiger partial charge < -0.3 is 24.5 Å². The number of aromatic nitrogens is 1. The molecule has 2 saturated heterocycles. The Morgan fingerprint density at radius 2 is 1.76 bits per heavy atom. The van der Waals surface area contributed by atoms with Crippen molar-refractivity contribution in [3.63, 3.8) is 0 Å². The first kappa shape index (κ1) is 24.4. The van der Waals surface area contributed by atoms with Crippen LogP contribution in [-0.2, 0) is 6.54 Å². The van der Waals surface area contributed by atoms with Crippen LogP contribution in [0.25, 0.3) is 0 Å². The molecule has 2 fully saturated rings. The van der Waals surface area contributed by atoms with Gasteiger partial charge in [0, 0.05) is 85.1 Å². The monoisotopic (exact) mass is 519 g/mol. The number of piperazine rings is 2. The van der Waals surface area contributed by atoms with Crippen LogP contribution in [-0.4, -0.2) is 110 Å². The maximum atomic E-state index is 4.93. The highest BCUT2D eigenvalue weighted by Gasteiger charge is 2.21. The smallest absolute Gasteiger partial charge is 0.193 e. The first-order valence-electron chi connectivity index (χ1n) is 10.7. The number of hydrogen-bond donors (Lipinski definition) is 1. The molecule has 0 aromatic carbocycles. The number of aliphatic imine (C=N–C) groups is 1. The molecular formula is C20H38IN7O. The average molecular weight is 519 g/mol. The molecule has 1 aromatic heterocycles. The summed E-state index contributed by atoms with van der Waals surface area (Å²) in [6.45, 7) is 17.6. The van der Waals surface area contributed by atoms with Crippen molar-refractivity contribution in [2.75, 3.05) is 79.0 Å². The summed E-state index contributed by atoms with van der Waals surface area (Å²) in [4.78, 5) is 14.4. The molecule has 0 bridgehead atoms. The van der Waals surface area contributed by atoms with Crippen molar-refractivity contribution in [2.45, 2.75) is 20.4 Å². The number of halogens is 1. The SMILES string of the molecule is CCN1CCN(CC(C)CNC(=NC)N2CCN(Cc3ccon3)CC2)CC1.I. The van der Waals surface area contributed by atoms with Gasteiger partial charge in [-0.05, 0) is 12.5 Å². The minimum atomic E-state index is 0. The molecule has 1 aromatic rings. The molecule has 3 heterocycles. The van der Waals surface area contributed by atoms with Crippen LogP contribution < -0.4 is 5.32 Å². The van der Waals surface area contributed by atoms with E-state index in [1.807, 2.05) is 13.1 Å². The molecule has 0 aliphatic carbocycles. The van der Waals surface area contributed by atoms with Crippen LogP contribution in [0.3, 0.4) is 0 Å². The van der Waals surface area contributed by atoms with E-state index in [0.717, 1.165) is 57.5 Å². The van der Waals surface area contributed by atoms with Crippen molar-refractivity contribution in [2.24, 2.45) is 10.9 Å². The van der Waals surface area contributed by atoms with Gasteiger partial charge in [-0.2, -0.15) is 0 Å². The van der Waals surface area contributed by atoms with E-state index in [0.29, 0.717) is 5.92 Å². The molecule has 29 heavy (non-hydrogen) atoms. The van der Waals surface area contributed by atoms with Crippen LogP contribution >= 0.6 is 24.0 Å². The van der Waals surface area contributed by atoms with Crippen LogP contribution in [0.5, 0.6) is 0 Å². The molecule has 166 valence electrons. The fourth-order valence-corrected chi connectivity index (χ4v) is 4.06. The van der Waals surface area contributed by atoms with Gasteiger partial charge in [0.2, 0.25) is 0 Å². The second-order valence-corrected chi connectivity index (χ2v) is 8.02. The molecule has 0 saturated carbocycles. The Morgan fingerprint density at radius 1 is 1.10 bits per heavy atom. The summed E-state index contributed by atoms with van der Waals surface area (Å²) in [6.07, 6.45) is 1.64. The molecule has 8 nitrogen and oxygen atoms in total. The molecule has 0 radical (unpaired) electrons. The molecule has 0 amide bonds. The van der Waals surface area contributed by atoms with Crippen molar-refractivity contribution in [3.8, 4) is 0 Å². The fourth-order valence-electron chi connectivity index (χ4n) is 4.06. The first-order valence-corrected chi connectivity index (χ1v) is 10.7. The van der Waals surface area contributed by atoms with Gasteiger partial charge in [-0.1, -0.05) is 19.0 Å². The summed E-state index contributed by atoms with van der Waals surface area (Å²) < 4.78 is 4.93. The third-order valence-corrected chi connectivity index (χ3v) is 5.85. The highest BCUT2D eigenvalue weighted by atomic mass is 127. The summed E-state index contributed by atoms with van der Waals surface area (Å²) in [5.74, 6) is 1.64. The topological polar surface area (TPSA) is 63.4 Å². The summed E-state index contributed by atoms with van der Waals surface area (Å²) in [7, 11) is 1.89. The lowest BCUT2D eigenvalue weighted by molar-refractivity contribution is 0.124. The largest absolute Gasteiger partial charge is 0.364 e. The number of rotatable bonds is 7. The standard InChI is InChI=1S/C20H37N7O.HI/c1-4-24-6-8-25(9-7-24)16-18(2)15-22-20(21-3)27-12-10-26(11-13-27)17-19-5-14-28-23-19;/h5,14,18H,4,6-13,15-17H2,1-3H3,(H,21,22);1H. The third-order valence-electron chi connectivity index (χ3n) is 5.85. The molecule has 2 aliphatic rings. The van der Waals surface area contributed by atoms with E-state index >= 15 is 0 Å². The normalized spacial score (nSPS) is 21.1. The Labute approximate surface area is 192 Å². The zero-order chi connectivity index (χ0) is 19.8. The summed E-state index contributed by atoms with van der Waals surface area (Å²) >= 11 is 0. The van der Waals surface area contributed by atoms with Gasteiger partial charge in [0.15, 0.2) is 5.96 Å². The van der Waals surface area contributed by atoms with Gasteiger partial charge in [-0.15, -0.1) is 24.0 Å². The van der Waals surface area contributed by atoms with Crippen LogP contribution in [0, 0.1) is 5.92 Å². The van der Waals surface area contributed by atoms with E-state index in [1.54, 1.807) is 6.26 Å². The Kier molecular flexibility index (Phi) is 10.7. The first-order chi connectivity index (χ1) is 13.7. The van der Waals surface area contributed by atoms with Crippen molar-refractivity contribution >= 4 is 29.9 Å². The van der Waals surface area contributed by atoms with E-state index in [-0.39, 0.29) is 24.0 Å². The zero-order valence-corrected chi connectivity index (χ0v) is 20.5. The summed E-state index contributed by atoms with van der Waals surface area (Å²) in [6, 6.07) is 1.94. The number of guanidine groups is 1. The number of nitrogens with zero attached hydrogens (tertiary/aromatic N) is 6. The van der Waals surface area contributed by atoms with Crippen LogP contribution in [0.1, 0.15) is 19.5 Å². The predicted molar refractivity (Wildman–Crippen MR) is 128 cm³/mol. The molecule has 0 spiro atoms. The highest BCUT2D eigenvalue weighted by Crippen LogP contribution is 2.08. The van der Waals surface area contributed by atoms with E-state index in [4.69, 9.17) is 4.52 Å². The Bertz CT molecular complexity index is 582. The van der Waals surface area contributed by atoms with E-state index < -0.39 is 0 Å². The van der Waals surface area contributed by atoms with Crippen LogP contribution in [0.4, 0.5) is 0 Å². The number of nitrogens with one attached hydrogen (secondary N) is 1. The number of hydrogen-bond acceptors (Lipinski definition) is 6. The van der Waals surface area contributed by atoms with Crippen LogP contribution in [0.15, 0.2) is 21.8 Å². The molecule has 3 rings (SSSR count). The molecule has 2 aliphatic heterocycles. The second kappa shape index (κ2) is 12.7. The van der Waals surface area contributed by atoms with Crippen molar-refractivity contribution in [1.29, 1.82) is 0 Å². The maximum Gasteiger partial charge on any atom is 0.193 e. The van der Waals surface area contributed by atoms with Gasteiger partial charge in [0.1, 0.15) is 6.26 Å². The quantitative estimate of drug-likeness (QED) is 0.331. The number of likely N-dealkylation sites (N-methyl/N-ethyl adjacent to an activating group) is 1.